The predicted molar refractivity (Wildman–Crippen MR) is 71.2 cm³/mol. The van der Waals surface area contributed by atoms with Crippen LogP contribution in [0, 0.1) is 0 Å². The molecule has 18 heavy (non-hydrogen) atoms. The van der Waals surface area contributed by atoms with Crippen molar-refractivity contribution in [2.45, 2.75) is 52.1 Å². The van der Waals surface area contributed by atoms with Crippen molar-refractivity contribution in [3.05, 3.63) is 0 Å². The molecule has 0 aromatic carbocycles. The van der Waals surface area contributed by atoms with Crippen LogP contribution in [0.5, 0.6) is 0 Å². The van der Waals surface area contributed by atoms with E-state index < -0.39 is 11.8 Å². The Morgan fingerprint density at radius 3 is 2.67 bits per heavy atom. The van der Waals surface area contributed by atoms with Crippen LogP contribution in [0.1, 0.15) is 40.0 Å². The van der Waals surface area contributed by atoms with Gasteiger partial charge in [0.25, 0.3) is 0 Å². The lowest BCUT2D eigenvalue weighted by Crippen LogP contribution is -2.47. The lowest BCUT2D eigenvalue weighted by atomic mass is 10.2. The number of carbonyl (C=O) groups is 2. The van der Waals surface area contributed by atoms with Crippen molar-refractivity contribution in [1.29, 1.82) is 0 Å². The molecule has 1 rings (SSSR count). The van der Waals surface area contributed by atoms with Crippen LogP contribution in [0.15, 0.2) is 0 Å². The first kappa shape index (κ1) is 15.0. The van der Waals surface area contributed by atoms with E-state index in [1.165, 1.54) is 6.42 Å². The van der Waals surface area contributed by atoms with E-state index in [0.717, 1.165) is 25.9 Å². The van der Waals surface area contributed by atoms with Gasteiger partial charge in [0, 0.05) is 18.6 Å². The van der Waals surface area contributed by atoms with Crippen molar-refractivity contribution in [2.75, 3.05) is 19.6 Å². The van der Waals surface area contributed by atoms with Gasteiger partial charge in [0.1, 0.15) is 0 Å². The number of hydrogen-bond donors (Lipinski definition) is 2. The molecule has 5 heteroatoms. The first-order chi connectivity index (χ1) is 8.58. The molecule has 1 heterocycles. The molecule has 2 atom stereocenters. The number of carbonyl (C=O) groups excluding carboxylic acids is 2. The Kier molecular flexibility index (Phi) is 6.12. The second kappa shape index (κ2) is 7.36. The molecule has 0 spiro atoms. The Bertz CT molecular complexity index is 294. The molecule has 1 aliphatic heterocycles. The Labute approximate surface area is 109 Å². The van der Waals surface area contributed by atoms with Gasteiger partial charge in [0.05, 0.1) is 0 Å². The van der Waals surface area contributed by atoms with E-state index in [1.807, 2.05) is 13.8 Å². The molecule has 0 aromatic heterocycles. The maximum absolute atomic E-state index is 11.6. The van der Waals surface area contributed by atoms with Crippen molar-refractivity contribution >= 4 is 11.8 Å². The van der Waals surface area contributed by atoms with Crippen molar-refractivity contribution in [3.63, 3.8) is 0 Å². The topological polar surface area (TPSA) is 61.4 Å². The summed E-state index contributed by atoms with van der Waals surface area (Å²) >= 11 is 0. The number of amides is 2. The average Bonchev–Trinajstić information content (AvgIpc) is 2.82. The molecule has 5 nitrogen and oxygen atoms in total. The van der Waals surface area contributed by atoms with E-state index in [1.54, 1.807) is 0 Å². The van der Waals surface area contributed by atoms with Crippen LogP contribution in [0.2, 0.25) is 0 Å². The van der Waals surface area contributed by atoms with E-state index in [4.69, 9.17) is 0 Å². The van der Waals surface area contributed by atoms with Crippen molar-refractivity contribution in [2.24, 2.45) is 0 Å². The number of nitrogens with zero attached hydrogens (tertiary/aromatic N) is 1. The van der Waals surface area contributed by atoms with Crippen LogP contribution in [0.3, 0.4) is 0 Å². The zero-order valence-corrected chi connectivity index (χ0v) is 11.7. The van der Waals surface area contributed by atoms with E-state index in [-0.39, 0.29) is 6.04 Å². The van der Waals surface area contributed by atoms with Crippen LogP contribution in [-0.2, 0) is 9.59 Å². The largest absolute Gasteiger partial charge is 0.346 e. The zero-order valence-electron chi connectivity index (χ0n) is 11.7. The molecule has 0 aromatic rings. The number of likely N-dealkylation sites (tertiary alicyclic amines) is 1. The summed E-state index contributed by atoms with van der Waals surface area (Å²) in [4.78, 5) is 25.5. The minimum absolute atomic E-state index is 0.0434. The van der Waals surface area contributed by atoms with Gasteiger partial charge in [-0.05, 0) is 39.3 Å². The van der Waals surface area contributed by atoms with Crippen molar-refractivity contribution in [1.82, 2.24) is 15.5 Å². The van der Waals surface area contributed by atoms with Crippen LogP contribution in [-0.4, -0.2) is 48.4 Å². The summed E-state index contributed by atoms with van der Waals surface area (Å²) in [6.45, 7) is 8.65. The van der Waals surface area contributed by atoms with Gasteiger partial charge in [0.15, 0.2) is 0 Å². The molecule has 1 aliphatic rings. The Hall–Kier alpha value is -1.10. The molecule has 0 aliphatic carbocycles. The van der Waals surface area contributed by atoms with Gasteiger partial charge in [-0.25, -0.2) is 0 Å². The number of rotatable bonds is 5. The Morgan fingerprint density at radius 1 is 1.33 bits per heavy atom. The quantitative estimate of drug-likeness (QED) is 0.703. The third-order valence-electron chi connectivity index (χ3n) is 3.60. The molecule has 2 amide bonds. The molecule has 104 valence electrons. The number of hydrogen-bond acceptors (Lipinski definition) is 3. The monoisotopic (exact) mass is 255 g/mol. The van der Waals surface area contributed by atoms with E-state index in [9.17, 15) is 9.59 Å². The molecule has 2 N–H and O–H groups in total. The van der Waals surface area contributed by atoms with Gasteiger partial charge in [-0.1, -0.05) is 13.8 Å². The maximum Gasteiger partial charge on any atom is 0.309 e. The molecule has 1 fully saturated rings. The normalized spacial score (nSPS) is 21.6. The Balaban J connectivity index is 2.30. The molecular formula is C13H25N3O2. The summed E-state index contributed by atoms with van der Waals surface area (Å²) in [6.07, 6.45) is 3.10. The summed E-state index contributed by atoms with van der Waals surface area (Å²) in [5.74, 6) is -1.04. The smallest absolute Gasteiger partial charge is 0.309 e. The zero-order chi connectivity index (χ0) is 13.5. The average molecular weight is 255 g/mol. The van der Waals surface area contributed by atoms with Crippen LogP contribution >= 0.6 is 0 Å². The summed E-state index contributed by atoms with van der Waals surface area (Å²) < 4.78 is 0. The SMILES string of the molecule is CC[C@H](C)NC(=O)C(=O)NC[C@@H]1CCCN1CC. The highest BCUT2D eigenvalue weighted by Crippen LogP contribution is 2.15. The van der Waals surface area contributed by atoms with Crippen LogP contribution in [0.25, 0.3) is 0 Å². The molecular weight excluding hydrogens is 230 g/mol. The Morgan fingerprint density at radius 2 is 2.06 bits per heavy atom. The van der Waals surface area contributed by atoms with Gasteiger partial charge in [-0.15, -0.1) is 0 Å². The number of nitrogens with one attached hydrogen (secondary N) is 2. The van der Waals surface area contributed by atoms with Gasteiger partial charge in [0.2, 0.25) is 0 Å². The highest BCUT2D eigenvalue weighted by atomic mass is 16.2. The van der Waals surface area contributed by atoms with Crippen molar-refractivity contribution in [3.8, 4) is 0 Å². The molecule has 0 radical (unpaired) electrons. The highest BCUT2D eigenvalue weighted by molar-refractivity contribution is 6.35. The summed E-state index contributed by atoms with van der Waals surface area (Å²) in [7, 11) is 0. The van der Waals surface area contributed by atoms with Crippen molar-refractivity contribution < 1.29 is 9.59 Å². The summed E-state index contributed by atoms with van der Waals surface area (Å²) in [6, 6.07) is 0.428. The van der Waals surface area contributed by atoms with Crippen LogP contribution in [0.4, 0.5) is 0 Å². The van der Waals surface area contributed by atoms with Crippen LogP contribution < -0.4 is 10.6 Å². The molecule has 0 saturated carbocycles. The lowest BCUT2D eigenvalue weighted by Gasteiger charge is -2.22. The predicted octanol–water partition coefficient (Wildman–Crippen LogP) is 0.502. The van der Waals surface area contributed by atoms with Gasteiger partial charge in [-0.3, -0.25) is 14.5 Å². The van der Waals surface area contributed by atoms with E-state index in [0.29, 0.717) is 12.6 Å². The summed E-state index contributed by atoms with van der Waals surface area (Å²) in [5.41, 5.74) is 0. The second-order valence-electron chi connectivity index (χ2n) is 4.92. The second-order valence-corrected chi connectivity index (χ2v) is 4.92. The molecule has 1 saturated heterocycles. The standard InChI is InChI=1S/C13H25N3O2/c1-4-10(3)15-13(18)12(17)14-9-11-7-6-8-16(11)5-2/h10-11H,4-9H2,1-3H3,(H,14,17)(H,15,18)/t10-,11-/m0/s1. The van der Waals surface area contributed by atoms with E-state index >= 15 is 0 Å². The molecule has 0 unspecified atom stereocenters. The minimum atomic E-state index is -0.523. The van der Waals surface area contributed by atoms with E-state index in [2.05, 4.69) is 22.5 Å². The fraction of sp³-hybridized carbons (Fsp3) is 0.846. The van der Waals surface area contributed by atoms with Gasteiger partial charge >= 0.3 is 11.8 Å². The first-order valence-electron chi connectivity index (χ1n) is 6.91. The third-order valence-corrected chi connectivity index (χ3v) is 3.60. The fourth-order valence-electron chi connectivity index (χ4n) is 2.22. The highest BCUT2D eigenvalue weighted by Gasteiger charge is 2.24. The summed E-state index contributed by atoms with van der Waals surface area (Å²) in [5, 5.41) is 5.39. The minimum Gasteiger partial charge on any atom is -0.346 e. The molecule has 0 bridgehead atoms. The fourth-order valence-corrected chi connectivity index (χ4v) is 2.22. The third kappa shape index (κ3) is 4.29. The first-order valence-corrected chi connectivity index (χ1v) is 6.91. The van der Waals surface area contributed by atoms with Gasteiger partial charge < -0.3 is 10.6 Å². The number of likely N-dealkylation sites (N-methyl/N-ethyl adjacent to an activating group) is 1. The lowest BCUT2D eigenvalue weighted by molar-refractivity contribution is -0.139. The van der Waals surface area contributed by atoms with Gasteiger partial charge in [-0.2, -0.15) is 0 Å². The maximum atomic E-state index is 11.6.